The van der Waals surface area contributed by atoms with Crippen LogP contribution in [0.25, 0.3) is 0 Å². The number of rotatable bonds is 3. The van der Waals surface area contributed by atoms with Crippen molar-refractivity contribution in [2.24, 2.45) is 5.92 Å². The highest BCUT2D eigenvalue weighted by molar-refractivity contribution is 5.81. The molecule has 0 aromatic carbocycles. The van der Waals surface area contributed by atoms with Crippen LogP contribution in [0.15, 0.2) is 18.3 Å². The number of carbonyl (C=O) groups excluding carboxylic acids is 1. The predicted octanol–water partition coefficient (Wildman–Crippen LogP) is 2.60. The minimum Gasteiger partial charge on any atom is -0.370 e. The van der Waals surface area contributed by atoms with Gasteiger partial charge in [-0.25, -0.2) is 4.98 Å². The quantitative estimate of drug-likeness (QED) is 0.933. The lowest BCUT2D eigenvalue weighted by Crippen LogP contribution is -2.45. The maximum absolute atomic E-state index is 12.5. The van der Waals surface area contributed by atoms with Crippen molar-refractivity contribution >= 4 is 11.6 Å². The molecule has 1 saturated heterocycles. The number of hydrogen-bond donors (Lipinski definition) is 1. The molecular weight excluding hydrogens is 295 g/mol. The number of hydrogen-bond acceptors (Lipinski definition) is 3. The van der Waals surface area contributed by atoms with Gasteiger partial charge in [-0.1, -0.05) is 0 Å². The van der Waals surface area contributed by atoms with Crippen molar-refractivity contribution in [2.45, 2.75) is 37.9 Å². The molecule has 1 aromatic rings. The molecule has 1 amide bonds. The van der Waals surface area contributed by atoms with E-state index in [1.807, 2.05) is 4.90 Å². The Bertz CT molecular complexity index is 532. The minimum atomic E-state index is -4.40. The minimum absolute atomic E-state index is 0.148. The summed E-state index contributed by atoms with van der Waals surface area (Å²) in [5.74, 6) is 0.354. The first-order valence-electron chi connectivity index (χ1n) is 7.52. The summed E-state index contributed by atoms with van der Waals surface area (Å²) in [5.41, 5.74) is -0.178. The van der Waals surface area contributed by atoms with Crippen molar-refractivity contribution in [3.05, 3.63) is 24.0 Å². The molecule has 120 valence electrons. The molecule has 0 atom stereocenters. The summed E-state index contributed by atoms with van der Waals surface area (Å²) >= 11 is 0. The molecule has 0 bridgehead atoms. The highest BCUT2D eigenvalue weighted by Crippen LogP contribution is 2.30. The van der Waals surface area contributed by atoms with Gasteiger partial charge in [0.15, 0.2) is 0 Å². The molecule has 3 rings (SSSR count). The standard InChI is InChI=1S/C15H18F3N3O/c16-15(17,18)13-4-3-12(9-19-13)21-7-5-11(6-8-21)20-14(22)10-1-2-10/h3-4,9-11H,1-2,5-8H2,(H,20,22). The molecule has 1 saturated carbocycles. The summed E-state index contributed by atoms with van der Waals surface area (Å²) in [5, 5.41) is 3.05. The summed E-state index contributed by atoms with van der Waals surface area (Å²) in [4.78, 5) is 17.2. The Morgan fingerprint density at radius 2 is 1.86 bits per heavy atom. The zero-order valence-electron chi connectivity index (χ0n) is 12.1. The molecule has 0 radical (unpaired) electrons. The van der Waals surface area contributed by atoms with Crippen molar-refractivity contribution in [3.63, 3.8) is 0 Å². The van der Waals surface area contributed by atoms with E-state index in [2.05, 4.69) is 10.3 Å². The molecule has 2 aliphatic rings. The van der Waals surface area contributed by atoms with Crippen molar-refractivity contribution in [1.82, 2.24) is 10.3 Å². The first kappa shape index (κ1) is 15.1. The first-order chi connectivity index (χ1) is 10.4. The van der Waals surface area contributed by atoms with Crippen LogP contribution in [0.1, 0.15) is 31.4 Å². The van der Waals surface area contributed by atoms with E-state index in [0.29, 0.717) is 18.8 Å². The predicted molar refractivity (Wildman–Crippen MR) is 75.3 cm³/mol. The number of alkyl halides is 3. The van der Waals surface area contributed by atoms with Crippen LogP contribution < -0.4 is 10.2 Å². The van der Waals surface area contributed by atoms with E-state index in [-0.39, 0.29) is 17.9 Å². The van der Waals surface area contributed by atoms with Gasteiger partial charge < -0.3 is 10.2 Å². The topological polar surface area (TPSA) is 45.2 Å². The van der Waals surface area contributed by atoms with Gasteiger partial charge in [-0.3, -0.25) is 4.79 Å². The van der Waals surface area contributed by atoms with Crippen molar-refractivity contribution in [2.75, 3.05) is 18.0 Å². The number of carbonyl (C=O) groups is 1. The lowest BCUT2D eigenvalue weighted by Gasteiger charge is -2.33. The zero-order chi connectivity index (χ0) is 15.7. The Balaban J connectivity index is 1.53. The third-order valence-electron chi connectivity index (χ3n) is 4.19. The number of pyridine rings is 1. The number of halogens is 3. The lowest BCUT2D eigenvalue weighted by atomic mass is 10.0. The molecule has 1 aliphatic carbocycles. The van der Waals surface area contributed by atoms with Gasteiger partial charge in [0, 0.05) is 25.0 Å². The Hall–Kier alpha value is -1.79. The van der Waals surface area contributed by atoms with Crippen LogP contribution in [0.4, 0.5) is 18.9 Å². The Morgan fingerprint density at radius 3 is 2.36 bits per heavy atom. The number of amides is 1. The number of nitrogens with zero attached hydrogens (tertiary/aromatic N) is 2. The summed E-state index contributed by atoms with van der Waals surface area (Å²) in [7, 11) is 0. The van der Waals surface area contributed by atoms with Crippen LogP contribution in [-0.4, -0.2) is 30.0 Å². The maximum Gasteiger partial charge on any atom is 0.433 e. The molecule has 7 heteroatoms. The molecule has 0 unspecified atom stereocenters. The van der Waals surface area contributed by atoms with Gasteiger partial charge in [-0.15, -0.1) is 0 Å². The molecule has 2 heterocycles. The highest BCUT2D eigenvalue weighted by Gasteiger charge is 2.33. The van der Waals surface area contributed by atoms with E-state index >= 15 is 0 Å². The number of aromatic nitrogens is 1. The van der Waals surface area contributed by atoms with Crippen LogP contribution in [0, 0.1) is 5.92 Å². The van der Waals surface area contributed by atoms with Gasteiger partial charge >= 0.3 is 6.18 Å². The largest absolute Gasteiger partial charge is 0.433 e. The van der Waals surface area contributed by atoms with Gasteiger partial charge in [0.05, 0.1) is 11.9 Å². The van der Waals surface area contributed by atoms with Crippen LogP contribution in [0.2, 0.25) is 0 Å². The molecule has 0 spiro atoms. The normalized spacial score (nSPS) is 20.0. The van der Waals surface area contributed by atoms with Gasteiger partial charge in [0.1, 0.15) is 5.69 Å². The second-order valence-electron chi connectivity index (χ2n) is 5.94. The SMILES string of the molecule is O=C(NC1CCN(c2ccc(C(F)(F)F)nc2)CC1)C1CC1. The maximum atomic E-state index is 12.5. The van der Waals surface area contributed by atoms with Crippen molar-refractivity contribution < 1.29 is 18.0 Å². The second kappa shape index (κ2) is 5.78. The molecule has 2 fully saturated rings. The highest BCUT2D eigenvalue weighted by atomic mass is 19.4. The second-order valence-corrected chi connectivity index (χ2v) is 5.94. The molecule has 1 aromatic heterocycles. The first-order valence-corrected chi connectivity index (χ1v) is 7.52. The Kier molecular flexibility index (Phi) is 3.97. The summed E-state index contributed by atoms with van der Waals surface area (Å²) < 4.78 is 37.5. The van der Waals surface area contributed by atoms with E-state index in [1.54, 1.807) is 0 Å². The average Bonchev–Trinajstić information content (AvgIpc) is 3.32. The third-order valence-corrected chi connectivity index (χ3v) is 4.19. The zero-order valence-corrected chi connectivity index (χ0v) is 12.1. The molecule has 4 nitrogen and oxygen atoms in total. The summed E-state index contributed by atoms with van der Waals surface area (Å²) in [6.45, 7) is 1.42. The molecule has 22 heavy (non-hydrogen) atoms. The fourth-order valence-electron chi connectivity index (χ4n) is 2.69. The van der Waals surface area contributed by atoms with Crippen LogP contribution >= 0.6 is 0 Å². The molecule has 1 N–H and O–H groups in total. The van der Waals surface area contributed by atoms with Crippen LogP contribution in [-0.2, 0) is 11.0 Å². The number of anilines is 1. The van der Waals surface area contributed by atoms with Gasteiger partial charge in [-0.2, -0.15) is 13.2 Å². The van der Waals surface area contributed by atoms with Crippen LogP contribution in [0.5, 0.6) is 0 Å². The smallest absolute Gasteiger partial charge is 0.370 e. The van der Waals surface area contributed by atoms with Crippen molar-refractivity contribution in [1.29, 1.82) is 0 Å². The lowest BCUT2D eigenvalue weighted by molar-refractivity contribution is -0.141. The average molecular weight is 313 g/mol. The van der Waals surface area contributed by atoms with Crippen molar-refractivity contribution in [3.8, 4) is 0 Å². The van der Waals surface area contributed by atoms with Crippen LogP contribution in [0.3, 0.4) is 0 Å². The summed E-state index contributed by atoms with van der Waals surface area (Å²) in [6, 6.07) is 2.64. The summed E-state index contributed by atoms with van der Waals surface area (Å²) in [6.07, 6.45) is 0.452. The van der Waals surface area contributed by atoms with E-state index in [9.17, 15) is 18.0 Å². The fraction of sp³-hybridized carbons (Fsp3) is 0.600. The fourth-order valence-corrected chi connectivity index (χ4v) is 2.69. The Labute approximate surface area is 126 Å². The molecule has 1 aliphatic heterocycles. The third kappa shape index (κ3) is 3.51. The van der Waals surface area contributed by atoms with E-state index in [1.165, 1.54) is 12.3 Å². The van der Waals surface area contributed by atoms with Gasteiger partial charge in [0.2, 0.25) is 5.91 Å². The van der Waals surface area contributed by atoms with E-state index < -0.39 is 11.9 Å². The monoisotopic (exact) mass is 313 g/mol. The molecular formula is C15H18F3N3O. The van der Waals surface area contributed by atoms with E-state index in [4.69, 9.17) is 0 Å². The number of piperidine rings is 1. The Morgan fingerprint density at radius 1 is 1.18 bits per heavy atom. The van der Waals surface area contributed by atoms with E-state index in [0.717, 1.165) is 31.7 Å². The van der Waals surface area contributed by atoms with Gasteiger partial charge in [0.25, 0.3) is 0 Å². The van der Waals surface area contributed by atoms with Gasteiger partial charge in [-0.05, 0) is 37.8 Å². The number of nitrogens with one attached hydrogen (secondary N) is 1.